The van der Waals surface area contributed by atoms with E-state index in [1.807, 2.05) is 13.8 Å². The van der Waals surface area contributed by atoms with Gasteiger partial charge in [0.1, 0.15) is 5.75 Å². The molecule has 1 unspecified atom stereocenters. The molecular formula is C16H17NO4S. The van der Waals surface area contributed by atoms with Crippen LogP contribution in [0, 0.1) is 13.8 Å². The second kappa shape index (κ2) is 6.62. The van der Waals surface area contributed by atoms with E-state index in [1.54, 1.807) is 29.6 Å². The highest BCUT2D eigenvalue weighted by atomic mass is 32.1. The summed E-state index contributed by atoms with van der Waals surface area (Å²) in [5.74, 6) is -0.969. The molecule has 0 saturated heterocycles. The number of aliphatic carboxylic acids is 1. The Balaban J connectivity index is 2.27. The number of nitrogens with one attached hydrogen (secondary N) is 1. The van der Waals surface area contributed by atoms with Crippen LogP contribution >= 0.6 is 11.3 Å². The molecule has 5 nitrogen and oxygen atoms in total. The van der Waals surface area contributed by atoms with Crippen LogP contribution in [0.25, 0.3) is 0 Å². The lowest BCUT2D eigenvalue weighted by atomic mass is 10.1. The standard InChI is InChI=1S/C16H17NO4S/c1-9-10(2)22-8-13(9)15(18)17-14(16(19)20)11-5-4-6-12(7-11)21-3/h4-8,14H,1-3H3,(H,17,18)(H,19,20). The highest BCUT2D eigenvalue weighted by Crippen LogP contribution is 2.23. The summed E-state index contributed by atoms with van der Waals surface area (Å²) >= 11 is 1.47. The number of hydrogen-bond donors (Lipinski definition) is 2. The first kappa shape index (κ1) is 16.0. The van der Waals surface area contributed by atoms with E-state index in [1.165, 1.54) is 18.4 Å². The molecule has 1 heterocycles. The van der Waals surface area contributed by atoms with Gasteiger partial charge >= 0.3 is 5.97 Å². The van der Waals surface area contributed by atoms with Gasteiger partial charge in [0, 0.05) is 10.3 Å². The molecule has 1 aromatic heterocycles. The number of amides is 1. The van der Waals surface area contributed by atoms with Crippen LogP contribution in [0.3, 0.4) is 0 Å². The van der Waals surface area contributed by atoms with Crippen molar-refractivity contribution in [2.45, 2.75) is 19.9 Å². The van der Waals surface area contributed by atoms with Crippen LogP contribution in [0.1, 0.15) is 32.4 Å². The molecule has 2 rings (SSSR count). The molecule has 0 fully saturated rings. The van der Waals surface area contributed by atoms with Crippen LogP contribution in [-0.2, 0) is 4.79 Å². The summed E-state index contributed by atoms with van der Waals surface area (Å²) in [5, 5.41) is 13.7. The summed E-state index contributed by atoms with van der Waals surface area (Å²) in [6.07, 6.45) is 0. The van der Waals surface area contributed by atoms with Gasteiger partial charge in [-0.25, -0.2) is 4.79 Å². The Morgan fingerprint density at radius 3 is 2.59 bits per heavy atom. The summed E-state index contributed by atoms with van der Waals surface area (Å²) < 4.78 is 5.09. The predicted molar refractivity (Wildman–Crippen MR) is 84.6 cm³/mol. The third-order valence-corrected chi connectivity index (χ3v) is 4.49. The number of thiophene rings is 1. The highest BCUT2D eigenvalue weighted by Gasteiger charge is 2.24. The van der Waals surface area contributed by atoms with Crippen molar-refractivity contribution in [1.29, 1.82) is 0 Å². The Morgan fingerprint density at radius 1 is 1.32 bits per heavy atom. The molecule has 0 saturated carbocycles. The average Bonchev–Trinajstić information content (AvgIpc) is 2.84. The van der Waals surface area contributed by atoms with Gasteiger partial charge in [0.05, 0.1) is 12.7 Å². The molecule has 0 bridgehead atoms. The third kappa shape index (κ3) is 3.28. The van der Waals surface area contributed by atoms with Crippen molar-refractivity contribution in [1.82, 2.24) is 5.32 Å². The molecule has 1 atom stereocenters. The quantitative estimate of drug-likeness (QED) is 0.888. The van der Waals surface area contributed by atoms with Crippen molar-refractivity contribution in [2.75, 3.05) is 7.11 Å². The minimum Gasteiger partial charge on any atom is -0.497 e. The fraction of sp³-hybridized carbons (Fsp3) is 0.250. The van der Waals surface area contributed by atoms with Crippen molar-refractivity contribution in [3.63, 3.8) is 0 Å². The fourth-order valence-corrected chi connectivity index (χ4v) is 2.92. The minimum atomic E-state index is -1.12. The average molecular weight is 319 g/mol. The van der Waals surface area contributed by atoms with Gasteiger partial charge in [-0.3, -0.25) is 4.79 Å². The normalized spacial score (nSPS) is 11.8. The van der Waals surface area contributed by atoms with E-state index in [9.17, 15) is 14.7 Å². The SMILES string of the molecule is COc1cccc(C(NC(=O)c2csc(C)c2C)C(=O)O)c1. The van der Waals surface area contributed by atoms with Crippen LogP contribution in [0.15, 0.2) is 29.6 Å². The number of carboxylic acid groups (broad SMARTS) is 1. The van der Waals surface area contributed by atoms with E-state index >= 15 is 0 Å². The van der Waals surface area contributed by atoms with Crippen LogP contribution in [0.2, 0.25) is 0 Å². The molecule has 0 spiro atoms. The van der Waals surface area contributed by atoms with Gasteiger partial charge in [0.25, 0.3) is 5.91 Å². The molecule has 116 valence electrons. The smallest absolute Gasteiger partial charge is 0.330 e. The Morgan fingerprint density at radius 2 is 2.05 bits per heavy atom. The maximum absolute atomic E-state index is 12.3. The second-order valence-corrected chi connectivity index (χ2v) is 5.94. The van der Waals surface area contributed by atoms with E-state index in [-0.39, 0.29) is 0 Å². The van der Waals surface area contributed by atoms with Gasteiger partial charge in [0.15, 0.2) is 6.04 Å². The van der Waals surface area contributed by atoms with E-state index in [2.05, 4.69) is 5.32 Å². The Kier molecular flexibility index (Phi) is 4.82. The number of benzene rings is 1. The topological polar surface area (TPSA) is 75.6 Å². The van der Waals surface area contributed by atoms with E-state index < -0.39 is 17.9 Å². The second-order valence-electron chi connectivity index (χ2n) is 4.85. The first-order chi connectivity index (χ1) is 10.4. The first-order valence-electron chi connectivity index (χ1n) is 6.66. The lowest BCUT2D eigenvalue weighted by Crippen LogP contribution is -2.33. The van der Waals surface area contributed by atoms with Crippen molar-refractivity contribution in [3.05, 3.63) is 51.2 Å². The molecule has 0 aliphatic carbocycles. The molecule has 2 aromatic rings. The van der Waals surface area contributed by atoms with Crippen molar-refractivity contribution >= 4 is 23.2 Å². The molecular weight excluding hydrogens is 302 g/mol. The number of carboxylic acids is 1. The molecule has 22 heavy (non-hydrogen) atoms. The number of methoxy groups -OCH3 is 1. The number of ether oxygens (including phenoxy) is 1. The maximum atomic E-state index is 12.3. The number of hydrogen-bond acceptors (Lipinski definition) is 4. The van der Waals surface area contributed by atoms with Crippen molar-refractivity contribution in [3.8, 4) is 5.75 Å². The first-order valence-corrected chi connectivity index (χ1v) is 7.54. The van der Waals surface area contributed by atoms with Gasteiger partial charge in [-0.1, -0.05) is 12.1 Å². The monoisotopic (exact) mass is 319 g/mol. The zero-order valence-corrected chi connectivity index (χ0v) is 13.4. The molecule has 2 N–H and O–H groups in total. The lowest BCUT2D eigenvalue weighted by molar-refractivity contribution is -0.139. The minimum absolute atomic E-state index is 0.392. The third-order valence-electron chi connectivity index (χ3n) is 3.48. The van der Waals surface area contributed by atoms with Gasteiger partial charge < -0.3 is 15.2 Å². The van der Waals surface area contributed by atoms with Gasteiger partial charge in [0.2, 0.25) is 0 Å². The summed E-state index contributed by atoms with van der Waals surface area (Å²) in [5.41, 5.74) is 1.85. The Hall–Kier alpha value is -2.34. The van der Waals surface area contributed by atoms with Crippen LogP contribution in [0.5, 0.6) is 5.75 Å². The fourth-order valence-electron chi connectivity index (χ4n) is 2.06. The lowest BCUT2D eigenvalue weighted by Gasteiger charge is -2.15. The van der Waals surface area contributed by atoms with Crippen LogP contribution in [-0.4, -0.2) is 24.1 Å². The summed E-state index contributed by atoms with van der Waals surface area (Å²) in [6.45, 7) is 3.77. The Labute approximate surface area is 132 Å². The van der Waals surface area contributed by atoms with Crippen LogP contribution in [0.4, 0.5) is 0 Å². The number of carbonyl (C=O) groups excluding carboxylic acids is 1. The summed E-state index contributed by atoms with van der Waals surface area (Å²) in [7, 11) is 1.50. The molecule has 6 heteroatoms. The van der Waals surface area contributed by atoms with Gasteiger partial charge in [-0.05, 0) is 37.1 Å². The van der Waals surface area contributed by atoms with E-state index in [0.717, 1.165) is 10.4 Å². The predicted octanol–water partition coefficient (Wildman–Crippen LogP) is 2.93. The van der Waals surface area contributed by atoms with Crippen molar-refractivity contribution < 1.29 is 19.4 Å². The number of carbonyl (C=O) groups is 2. The largest absolute Gasteiger partial charge is 0.497 e. The van der Waals surface area contributed by atoms with E-state index in [4.69, 9.17) is 4.74 Å². The van der Waals surface area contributed by atoms with Crippen molar-refractivity contribution in [2.24, 2.45) is 0 Å². The highest BCUT2D eigenvalue weighted by molar-refractivity contribution is 7.10. The number of rotatable bonds is 5. The maximum Gasteiger partial charge on any atom is 0.330 e. The Bertz CT molecular complexity index is 708. The summed E-state index contributed by atoms with van der Waals surface area (Å²) in [6, 6.07) is 5.53. The zero-order valence-electron chi connectivity index (χ0n) is 12.5. The molecule has 1 amide bonds. The molecule has 0 radical (unpaired) electrons. The van der Waals surface area contributed by atoms with Gasteiger partial charge in [-0.15, -0.1) is 11.3 Å². The summed E-state index contributed by atoms with van der Waals surface area (Å²) in [4.78, 5) is 24.9. The zero-order chi connectivity index (χ0) is 16.3. The molecule has 1 aromatic carbocycles. The van der Waals surface area contributed by atoms with Gasteiger partial charge in [-0.2, -0.15) is 0 Å². The van der Waals surface area contributed by atoms with Crippen LogP contribution < -0.4 is 10.1 Å². The molecule has 0 aliphatic heterocycles. The number of aryl methyl sites for hydroxylation is 1. The van der Waals surface area contributed by atoms with E-state index in [0.29, 0.717) is 16.9 Å². The molecule has 0 aliphatic rings.